The number of carbonyl (C=O) groups excluding carboxylic acids is 3. The van der Waals surface area contributed by atoms with Crippen LogP contribution in [0.15, 0.2) is 50.8 Å². The van der Waals surface area contributed by atoms with Gasteiger partial charge >= 0.3 is 35.0 Å². The number of aromatic nitrogens is 3. The molecule has 0 aliphatic rings. The van der Waals surface area contributed by atoms with Gasteiger partial charge in [0.2, 0.25) is 0 Å². The van der Waals surface area contributed by atoms with E-state index in [2.05, 4.69) is 0 Å². The molecule has 0 radical (unpaired) electrons. The van der Waals surface area contributed by atoms with Gasteiger partial charge in [-0.15, -0.1) is 0 Å². The molecule has 15 nitrogen and oxygen atoms in total. The van der Waals surface area contributed by atoms with E-state index in [4.69, 9.17) is 14.2 Å². The van der Waals surface area contributed by atoms with Gasteiger partial charge < -0.3 is 29.5 Å². The van der Waals surface area contributed by atoms with E-state index in [9.17, 15) is 29.7 Å². The van der Waals surface area contributed by atoms with Crippen molar-refractivity contribution in [2.45, 2.75) is 254 Å². The molecule has 4 rings (SSSR count). The summed E-state index contributed by atoms with van der Waals surface area (Å²) >= 11 is 0. The lowest BCUT2D eigenvalue weighted by molar-refractivity contribution is -0.158. The van der Waals surface area contributed by atoms with Crippen LogP contribution >= 0.6 is 0 Å². The smallest absolute Gasteiger partial charge is 0.342 e. The summed E-state index contributed by atoms with van der Waals surface area (Å²) in [5.74, 6) is -5.09. The third-order valence-electron chi connectivity index (χ3n) is 14.7. The molecule has 15 heteroatoms. The van der Waals surface area contributed by atoms with Crippen molar-refractivity contribution in [2.24, 2.45) is 0 Å². The summed E-state index contributed by atoms with van der Waals surface area (Å²) in [5, 5.41) is 34.4. The summed E-state index contributed by atoms with van der Waals surface area (Å²) in [4.78, 5) is 88.8. The third-order valence-corrected chi connectivity index (χ3v) is 14.7. The lowest BCUT2D eigenvalue weighted by Gasteiger charge is -2.30. The van der Waals surface area contributed by atoms with E-state index in [1.165, 1.54) is 0 Å². The fraction of sp³-hybridized carbons (Fsp3) is 0.619. The van der Waals surface area contributed by atoms with Gasteiger partial charge in [-0.1, -0.05) is 182 Å². The molecule has 3 N–H and O–H groups in total. The highest BCUT2D eigenvalue weighted by Gasteiger charge is 2.37. The lowest BCUT2D eigenvalue weighted by Crippen LogP contribution is -2.58. The van der Waals surface area contributed by atoms with Gasteiger partial charge in [-0.2, -0.15) is 0 Å². The second-order valence-electron chi connectivity index (χ2n) is 27.4. The Labute approximate surface area is 463 Å². The molecule has 0 amide bonds. The highest BCUT2D eigenvalue weighted by atomic mass is 16.6. The predicted molar refractivity (Wildman–Crippen MR) is 307 cm³/mol. The minimum atomic E-state index is -1.63. The van der Waals surface area contributed by atoms with Crippen LogP contribution in [0.1, 0.15) is 272 Å². The zero-order valence-electron chi connectivity index (χ0n) is 51.4. The monoisotopic (exact) mass is 1080 g/mol. The number of ether oxygens (including phenoxy) is 3. The van der Waals surface area contributed by atoms with Crippen molar-refractivity contribution in [2.75, 3.05) is 0 Å². The van der Waals surface area contributed by atoms with Gasteiger partial charge in [-0.25, -0.2) is 28.1 Å². The van der Waals surface area contributed by atoms with Crippen LogP contribution in [0.4, 0.5) is 0 Å². The number of phenolic OH excluding ortho intramolecular Hbond substituents is 3. The molecule has 0 aliphatic carbocycles. The molecule has 0 saturated heterocycles. The Balaban J connectivity index is 1.99. The number of hydrogen-bond acceptors (Lipinski definition) is 12. The fourth-order valence-corrected chi connectivity index (χ4v) is 9.56. The van der Waals surface area contributed by atoms with Gasteiger partial charge in [0.05, 0.1) is 17.8 Å². The van der Waals surface area contributed by atoms with Crippen molar-refractivity contribution in [3.05, 3.63) is 118 Å². The Morgan fingerprint density at radius 3 is 0.654 bits per heavy atom. The van der Waals surface area contributed by atoms with Crippen molar-refractivity contribution < 1.29 is 43.9 Å². The number of aromatic hydroxyl groups is 3. The Kier molecular flexibility index (Phi) is 18.9. The first-order valence-electron chi connectivity index (χ1n) is 27.6. The normalized spacial score (nSPS) is 15.2. The highest BCUT2D eigenvalue weighted by molar-refractivity contribution is 5.80. The first-order valence-corrected chi connectivity index (χ1v) is 27.6. The van der Waals surface area contributed by atoms with Crippen molar-refractivity contribution in [3.8, 4) is 17.2 Å². The Hall–Kier alpha value is -6.12. The van der Waals surface area contributed by atoms with Crippen LogP contribution in [0, 0.1) is 0 Å². The average Bonchev–Trinajstić information content (AvgIpc) is 3.29. The van der Waals surface area contributed by atoms with Crippen LogP contribution in [-0.2, 0) is 61.1 Å². The van der Waals surface area contributed by atoms with E-state index in [1.54, 1.807) is 77.9 Å². The van der Waals surface area contributed by atoms with Crippen molar-refractivity contribution in [3.63, 3.8) is 0 Å². The van der Waals surface area contributed by atoms with Crippen molar-refractivity contribution in [1.82, 2.24) is 13.7 Å². The Morgan fingerprint density at radius 2 is 0.526 bits per heavy atom. The molecule has 0 bridgehead atoms. The minimum absolute atomic E-state index is 0.112. The molecule has 0 saturated carbocycles. The first-order chi connectivity index (χ1) is 35.4. The number of rotatable bonds is 15. The molecular formula is C63H93N3O12. The zero-order valence-corrected chi connectivity index (χ0v) is 51.4. The summed E-state index contributed by atoms with van der Waals surface area (Å²) in [6, 6.07) is 10.5. The largest absolute Gasteiger partial charge is 0.507 e. The van der Waals surface area contributed by atoms with Gasteiger partial charge in [0.25, 0.3) is 0 Å². The molecule has 6 unspecified atom stereocenters. The Bertz CT molecular complexity index is 2610. The van der Waals surface area contributed by atoms with Crippen LogP contribution in [0.3, 0.4) is 0 Å². The van der Waals surface area contributed by atoms with E-state index in [0.29, 0.717) is 63.8 Å². The molecule has 0 aliphatic heterocycles. The summed E-state index contributed by atoms with van der Waals surface area (Å²) in [6.07, 6.45) is -5.35. The maximum Gasteiger partial charge on any atom is 0.342 e. The standard InChI is InChI=1S/C63H93N3O12/c1-25-46(76-52(70)34(4)37-28-40(58(7,8)9)49(67)41(29-37)59(10,11)12)64-55(73)65(47(26-2)77-53(71)35(5)38-30-42(60(13,14)15)50(68)43(31-38)61(16,17)18)57(75)66(56(64)74)48(27-3)78-54(72)36(6)39-32-44(62(19,20)21)51(69)45(33-39)63(22,23)24/h28-36,46-48,67-69H,25-27H2,1-24H3. The number of nitrogens with zero attached hydrogens (tertiary/aromatic N) is 3. The second-order valence-corrected chi connectivity index (χ2v) is 27.4. The molecule has 78 heavy (non-hydrogen) atoms. The molecule has 6 atom stereocenters. The van der Waals surface area contributed by atoms with Crippen LogP contribution in [-0.4, -0.2) is 46.9 Å². The molecule has 0 fully saturated rings. The number of carbonyl (C=O) groups is 3. The summed E-state index contributed by atoms with van der Waals surface area (Å²) < 4.78 is 20.3. The van der Waals surface area contributed by atoms with Gasteiger partial charge in [0.15, 0.2) is 18.7 Å². The molecule has 1 aromatic heterocycles. The zero-order chi connectivity index (χ0) is 60.1. The number of hydrogen-bond donors (Lipinski definition) is 3. The molecular weight excluding hydrogens is 991 g/mol. The van der Waals surface area contributed by atoms with Gasteiger partial charge in [-0.05, 0) is 103 Å². The molecule has 432 valence electrons. The molecule has 4 aromatic rings. The maximum atomic E-state index is 15.1. The third kappa shape index (κ3) is 13.6. The lowest BCUT2D eigenvalue weighted by atomic mass is 9.77. The van der Waals surface area contributed by atoms with E-state index in [0.717, 1.165) is 0 Å². The van der Waals surface area contributed by atoms with Crippen molar-refractivity contribution >= 4 is 17.9 Å². The van der Waals surface area contributed by atoms with E-state index in [-0.39, 0.29) is 36.5 Å². The van der Waals surface area contributed by atoms with Crippen LogP contribution in [0.25, 0.3) is 0 Å². The first kappa shape index (κ1) is 64.4. The summed E-state index contributed by atoms with van der Waals surface area (Å²) in [5.41, 5.74) is -1.69. The number of phenols is 3. The number of esters is 3. The van der Waals surface area contributed by atoms with E-state index >= 15 is 14.4 Å². The molecule has 0 spiro atoms. The minimum Gasteiger partial charge on any atom is -0.507 e. The van der Waals surface area contributed by atoms with E-state index < -0.39 is 104 Å². The predicted octanol–water partition coefficient (Wildman–Crippen LogP) is 12.8. The number of benzene rings is 3. The topological polar surface area (TPSA) is 206 Å². The maximum absolute atomic E-state index is 15.1. The summed E-state index contributed by atoms with van der Waals surface area (Å²) in [6.45, 7) is 44.7. The van der Waals surface area contributed by atoms with Crippen LogP contribution in [0.5, 0.6) is 17.2 Å². The Morgan fingerprint density at radius 1 is 0.372 bits per heavy atom. The fourth-order valence-electron chi connectivity index (χ4n) is 9.56. The van der Waals surface area contributed by atoms with Crippen LogP contribution < -0.4 is 17.1 Å². The van der Waals surface area contributed by atoms with Gasteiger partial charge in [0.1, 0.15) is 17.2 Å². The SMILES string of the molecule is CCC(OC(=O)C(C)c1cc(C(C)(C)C)c(O)c(C(C)(C)C)c1)n1c(=O)n(C(CC)OC(=O)C(C)c2cc(C(C)(C)C)c(O)c(C(C)(C)C)c2)c(=O)n(C(CC)OC(=O)C(C)c2cc(C(C)(C)C)c(O)c(C(C)(C)C)c2)c1=O. The average molecular weight is 1080 g/mol. The van der Waals surface area contributed by atoms with Crippen molar-refractivity contribution in [1.29, 1.82) is 0 Å². The van der Waals surface area contributed by atoms with Gasteiger partial charge in [0, 0.05) is 19.3 Å². The van der Waals surface area contributed by atoms with Gasteiger partial charge in [-0.3, -0.25) is 14.4 Å². The second kappa shape index (κ2) is 22.9. The summed E-state index contributed by atoms with van der Waals surface area (Å²) in [7, 11) is 0. The highest BCUT2D eigenvalue weighted by Crippen LogP contribution is 2.45. The van der Waals surface area contributed by atoms with E-state index in [1.807, 2.05) is 125 Å². The van der Waals surface area contributed by atoms with Crippen LogP contribution in [0.2, 0.25) is 0 Å². The molecule has 3 aromatic carbocycles. The molecule has 1 heterocycles. The quantitative estimate of drug-likeness (QED) is 0.0751.